The van der Waals surface area contributed by atoms with E-state index in [9.17, 15) is 8.96 Å². The fraction of sp³-hybridized carbons (Fsp3) is 0.167. The third-order valence-electron chi connectivity index (χ3n) is 2.59. The molecule has 0 aromatic heterocycles. The highest BCUT2D eigenvalue weighted by Gasteiger charge is 2.30. The van der Waals surface area contributed by atoms with Gasteiger partial charge in [-0.3, -0.25) is 4.57 Å². The molecule has 0 saturated carbocycles. The van der Waals surface area contributed by atoms with Crippen LogP contribution >= 0.6 is 7.60 Å². The molecule has 1 atom stereocenters. The summed E-state index contributed by atoms with van der Waals surface area (Å²) in [7, 11) is -4.74. The van der Waals surface area contributed by atoms with Gasteiger partial charge in [-0.1, -0.05) is 35.9 Å². The predicted molar refractivity (Wildman–Crippen MR) is 64.6 cm³/mol. The molecule has 0 radical (unpaired) electrons. The molecule has 0 aliphatic carbocycles. The maximum atomic E-state index is 13.5. The number of benzene rings is 2. The van der Waals surface area contributed by atoms with E-state index < -0.39 is 13.5 Å². The lowest BCUT2D eigenvalue weighted by Crippen LogP contribution is -1.93. The zero-order chi connectivity index (χ0) is 12.6. The summed E-state index contributed by atoms with van der Waals surface area (Å²) >= 11 is 0. The standard InChI is InChI=1S/C12H12FO3P/c1-8-2-3-9-4-5-10(7-11(9)6-8)12(13)17(14,15)16/h2-7,12H,1H3,(H2,14,15,16). The van der Waals surface area contributed by atoms with Gasteiger partial charge in [0.1, 0.15) is 0 Å². The van der Waals surface area contributed by atoms with E-state index >= 15 is 0 Å². The molecule has 0 spiro atoms. The second-order valence-electron chi connectivity index (χ2n) is 4.03. The fourth-order valence-corrected chi connectivity index (χ4v) is 2.28. The molecule has 1 unspecified atom stereocenters. The van der Waals surface area contributed by atoms with Crippen LogP contribution in [0.3, 0.4) is 0 Å². The number of halogens is 1. The number of alkyl halides is 1. The van der Waals surface area contributed by atoms with Crippen molar-refractivity contribution in [3.05, 3.63) is 47.5 Å². The molecule has 5 heteroatoms. The lowest BCUT2D eigenvalue weighted by atomic mass is 10.1. The van der Waals surface area contributed by atoms with Gasteiger partial charge in [0, 0.05) is 0 Å². The van der Waals surface area contributed by atoms with Gasteiger partial charge >= 0.3 is 7.60 Å². The second kappa shape index (κ2) is 4.22. The Bertz CT molecular complexity index is 606. The van der Waals surface area contributed by atoms with E-state index in [-0.39, 0.29) is 5.56 Å². The van der Waals surface area contributed by atoms with E-state index in [0.717, 1.165) is 16.3 Å². The highest BCUT2D eigenvalue weighted by atomic mass is 31.2. The van der Waals surface area contributed by atoms with Crippen LogP contribution in [0.2, 0.25) is 0 Å². The van der Waals surface area contributed by atoms with Crippen molar-refractivity contribution >= 4 is 18.4 Å². The van der Waals surface area contributed by atoms with Crippen LogP contribution in [0, 0.1) is 6.92 Å². The summed E-state index contributed by atoms with van der Waals surface area (Å²) in [4.78, 5) is 17.6. The van der Waals surface area contributed by atoms with E-state index in [0.29, 0.717) is 0 Å². The van der Waals surface area contributed by atoms with E-state index in [2.05, 4.69) is 0 Å². The highest BCUT2D eigenvalue weighted by Crippen LogP contribution is 2.52. The lowest BCUT2D eigenvalue weighted by Gasteiger charge is -2.11. The van der Waals surface area contributed by atoms with Crippen LogP contribution in [-0.4, -0.2) is 9.79 Å². The van der Waals surface area contributed by atoms with Gasteiger partial charge in [0.25, 0.3) is 0 Å². The van der Waals surface area contributed by atoms with Crippen LogP contribution in [-0.2, 0) is 4.57 Å². The quantitative estimate of drug-likeness (QED) is 0.808. The Balaban J connectivity index is 2.54. The molecule has 2 rings (SSSR count). The minimum atomic E-state index is -4.74. The van der Waals surface area contributed by atoms with Gasteiger partial charge in [0.2, 0.25) is 5.91 Å². The Labute approximate surface area is 98.1 Å². The van der Waals surface area contributed by atoms with Crippen molar-refractivity contribution in [1.82, 2.24) is 0 Å². The number of hydrogen-bond acceptors (Lipinski definition) is 1. The maximum absolute atomic E-state index is 13.5. The molecule has 0 aliphatic heterocycles. The minimum absolute atomic E-state index is 0.0106. The molecular formula is C12H12FO3P. The maximum Gasteiger partial charge on any atom is 0.363 e. The van der Waals surface area contributed by atoms with Crippen molar-refractivity contribution < 1.29 is 18.7 Å². The average molecular weight is 254 g/mol. The van der Waals surface area contributed by atoms with Crippen molar-refractivity contribution in [2.45, 2.75) is 12.8 Å². The van der Waals surface area contributed by atoms with E-state index in [1.807, 2.05) is 25.1 Å². The summed E-state index contributed by atoms with van der Waals surface area (Å²) in [6.07, 6.45) is 0. The summed E-state index contributed by atoms with van der Waals surface area (Å²) in [6, 6.07) is 10.2. The molecular weight excluding hydrogens is 242 g/mol. The largest absolute Gasteiger partial charge is 0.363 e. The third-order valence-corrected chi connectivity index (χ3v) is 3.48. The van der Waals surface area contributed by atoms with Crippen molar-refractivity contribution in [3.63, 3.8) is 0 Å². The van der Waals surface area contributed by atoms with Crippen LogP contribution in [0.5, 0.6) is 0 Å². The van der Waals surface area contributed by atoms with Gasteiger partial charge in [-0.2, -0.15) is 0 Å². The summed E-state index contributed by atoms with van der Waals surface area (Å²) in [5.41, 5.74) is 1.03. The SMILES string of the molecule is Cc1ccc2ccc(C(F)P(=O)(O)O)cc2c1. The molecule has 2 aromatic carbocycles. The smallest absolute Gasteiger partial charge is 0.322 e. The first-order chi connectivity index (χ1) is 7.88. The molecule has 2 aromatic rings. The van der Waals surface area contributed by atoms with Crippen LogP contribution in [0.15, 0.2) is 36.4 Å². The van der Waals surface area contributed by atoms with Crippen LogP contribution in [0.4, 0.5) is 4.39 Å². The number of fused-ring (bicyclic) bond motifs is 1. The van der Waals surface area contributed by atoms with Crippen LogP contribution in [0.25, 0.3) is 10.8 Å². The number of rotatable bonds is 2. The van der Waals surface area contributed by atoms with Crippen molar-refractivity contribution in [3.8, 4) is 0 Å². The van der Waals surface area contributed by atoms with Gasteiger partial charge in [-0.25, -0.2) is 4.39 Å². The first-order valence-electron chi connectivity index (χ1n) is 5.07. The van der Waals surface area contributed by atoms with Gasteiger partial charge < -0.3 is 9.79 Å². The molecule has 0 amide bonds. The van der Waals surface area contributed by atoms with Gasteiger partial charge in [-0.15, -0.1) is 0 Å². The predicted octanol–water partition coefficient (Wildman–Crippen LogP) is 3.29. The monoisotopic (exact) mass is 254 g/mol. The normalized spacial score (nSPS) is 13.9. The summed E-state index contributed by atoms with van der Waals surface area (Å²) in [5, 5.41) is 1.69. The van der Waals surface area contributed by atoms with Crippen molar-refractivity contribution in [2.24, 2.45) is 0 Å². The number of hydrogen-bond donors (Lipinski definition) is 2. The third kappa shape index (κ3) is 2.55. The van der Waals surface area contributed by atoms with Crippen LogP contribution < -0.4 is 0 Å². The Morgan fingerprint density at radius 3 is 2.41 bits per heavy atom. The summed E-state index contributed by atoms with van der Waals surface area (Å²) < 4.78 is 24.4. The molecule has 0 bridgehead atoms. The molecule has 17 heavy (non-hydrogen) atoms. The molecule has 0 heterocycles. The van der Waals surface area contributed by atoms with Crippen molar-refractivity contribution in [2.75, 3.05) is 0 Å². The molecule has 0 aliphatic rings. The molecule has 90 valence electrons. The Morgan fingerprint density at radius 2 is 1.76 bits per heavy atom. The average Bonchev–Trinajstić information content (AvgIpc) is 2.25. The number of aryl methyl sites for hydroxylation is 1. The summed E-state index contributed by atoms with van der Waals surface area (Å²) in [5.74, 6) is -2.26. The van der Waals surface area contributed by atoms with Crippen molar-refractivity contribution in [1.29, 1.82) is 0 Å². The zero-order valence-electron chi connectivity index (χ0n) is 9.17. The lowest BCUT2D eigenvalue weighted by molar-refractivity contribution is 0.303. The Morgan fingerprint density at radius 1 is 1.12 bits per heavy atom. The van der Waals surface area contributed by atoms with E-state index in [1.54, 1.807) is 6.07 Å². The van der Waals surface area contributed by atoms with E-state index in [4.69, 9.17) is 9.79 Å². The van der Waals surface area contributed by atoms with E-state index in [1.165, 1.54) is 12.1 Å². The molecule has 3 nitrogen and oxygen atoms in total. The fourth-order valence-electron chi connectivity index (χ4n) is 1.73. The first kappa shape index (κ1) is 12.2. The van der Waals surface area contributed by atoms with Crippen LogP contribution in [0.1, 0.15) is 17.0 Å². The zero-order valence-corrected chi connectivity index (χ0v) is 10.1. The topological polar surface area (TPSA) is 57.5 Å². The molecule has 0 fully saturated rings. The highest BCUT2D eigenvalue weighted by molar-refractivity contribution is 7.51. The molecule has 2 N–H and O–H groups in total. The van der Waals surface area contributed by atoms with Gasteiger partial charge in [0.05, 0.1) is 0 Å². The van der Waals surface area contributed by atoms with Gasteiger partial charge in [0.15, 0.2) is 0 Å². The molecule has 0 saturated heterocycles. The minimum Gasteiger partial charge on any atom is -0.322 e. The Hall–Kier alpha value is -1.22. The first-order valence-corrected chi connectivity index (χ1v) is 6.76. The summed E-state index contributed by atoms with van der Waals surface area (Å²) in [6.45, 7) is 1.90. The van der Waals surface area contributed by atoms with Gasteiger partial charge in [-0.05, 0) is 29.3 Å². The Kier molecular flexibility index (Phi) is 3.04. The second-order valence-corrected chi connectivity index (χ2v) is 5.67.